The molecule has 0 amide bonds. The molecule has 0 fully saturated rings. The van der Waals surface area contributed by atoms with Gasteiger partial charge < -0.3 is 9.73 Å². The van der Waals surface area contributed by atoms with Crippen molar-refractivity contribution in [1.82, 2.24) is 5.32 Å². The summed E-state index contributed by atoms with van der Waals surface area (Å²) in [5.41, 5.74) is 2.92. The highest BCUT2D eigenvalue weighted by molar-refractivity contribution is 5.99. The van der Waals surface area contributed by atoms with Gasteiger partial charge in [-0.2, -0.15) is 0 Å². The molecule has 1 aromatic heterocycles. The van der Waals surface area contributed by atoms with Crippen LogP contribution >= 0.6 is 0 Å². The average Bonchev–Trinajstić information content (AvgIpc) is 2.85. The Bertz CT molecular complexity index is 529. The van der Waals surface area contributed by atoms with E-state index in [-0.39, 0.29) is 5.78 Å². The van der Waals surface area contributed by atoms with Crippen LogP contribution in [0.4, 0.5) is 0 Å². The summed E-state index contributed by atoms with van der Waals surface area (Å²) in [6, 6.07) is 9.66. The van der Waals surface area contributed by atoms with E-state index in [9.17, 15) is 4.79 Å². The van der Waals surface area contributed by atoms with Gasteiger partial charge in [0.15, 0.2) is 5.78 Å². The highest BCUT2D eigenvalue weighted by Crippen LogP contribution is 2.11. The van der Waals surface area contributed by atoms with Crippen molar-refractivity contribution in [2.75, 3.05) is 6.54 Å². The van der Waals surface area contributed by atoms with Crippen LogP contribution in [-0.4, -0.2) is 12.3 Å². The standard InChI is InChI=1S/C15H17NO2/c1-11-5-6-12(2)14(8-11)15(17)10-16-9-13-4-3-7-18-13/h3-8,16H,9-10H2,1-2H3. The molecule has 0 unspecified atom stereocenters. The molecule has 3 heteroatoms. The van der Waals surface area contributed by atoms with Gasteiger partial charge in [-0.3, -0.25) is 4.79 Å². The van der Waals surface area contributed by atoms with Gasteiger partial charge in [-0.25, -0.2) is 0 Å². The lowest BCUT2D eigenvalue weighted by atomic mass is 10.0. The minimum absolute atomic E-state index is 0.114. The van der Waals surface area contributed by atoms with E-state index in [0.29, 0.717) is 13.1 Å². The predicted octanol–water partition coefficient (Wildman–Crippen LogP) is 2.87. The number of carbonyl (C=O) groups excluding carboxylic acids is 1. The van der Waals surface area contributed by atoms with E-state index in [1.807, 2.05) is 44.2 Å². The van der Waals surface area contributed by atoms with Gasteiger partial charge in [0, 0.05) is 5.56 Å². The highest BCUT2D eigenvalue weighted by atomic mass is 16.3. The van der Waals surface area contributed by atoms with Crippen LogP contribution in [0.5, 0.6) is 0 Å². The number of carbonyl (C=O) groups is 1. The summed E-state index contributed by atoms with van der Waals surface area (Å²) >= 11 is 0. The van der Waals surface area contributed by atoms with Crippen LogP contribution in [0, 0.1) is 13.8 Å². The molecule has 2 aromatic rings. The normalized spacial score (nSPS) is 10.6. The Kier molecular flexibility index (Phi) is 3.95. The zero-order valence-electron chi connectivity index (χ0n) is 10.7. The molecule has 1 N–H and O–H groups in total. The fourth-order valence-electron chi connectivity index (χ4n) is 1.84. The van der Waals surface area contributed by atoms with Crippen LogP contribution in [0.1, 0.15) is 27.2 Å². The van der Waals surface area contributed by atoms with Gasteiger partial charge >= 0.3 is 0 Å². The van der Waals surface area contributed by atoms with Gasteiger partial charge in [0.25, 0.3) is 0 Å². The summed E-state index contributed by atoms with van der Waals surface area (Å²) in [6.45, 7) is 4.85. The molecule has 94 valence electrons. The van der Waals surface area contributed by atoms with Crippen LogP contribution in [0.2, 0.25) is 0 Å². The molecule has 0 aliphatic rings. The Morgan fingerprint density at radius 1 is 1.28 bits per heavy atom. The van der Waals surface area contributed by atoms with Crippen molar-refractivity contribution >= 4 is 5.78 Å². The van der Waals surface area contributed by atoms with Crippen LogP contribution in [-0.2, 0) is 6.54 Å². The van der Waals surface area contributed by atoms with Crippen molar-refractivity contribution in [2.45, 2.75) is 20.4 Å². The van der Waals surface area contributed by atoms with Gasteiger partial charge in [-0.15, -0.1) is 0 Å². The van der Waals surface area contributed by atoms with E-state index in [2.05, 4.69) is 5.32 Å². The summed E-state index contributed by atoms with van der Waals surface area (Å²) < 4.78 is 5.19. The zero-order chi connectivity index (χ0) is 13.0. The number of nitrogens with one attached hydrogen (secondary N) is 1. The maximum atomic E-state index is 12.1. The maximum absolute atomic E-state index is 12.1. The van der Waals surface area contributed by atoms with Gasteiger partial charge in [0.1, 0.15) is 5.76 Å². The highest BCUT2D eigenvalue weighted by Gasteiger charge is 2.09. The summed E-state index contributed by atoms with van der Waals surface area (Å²) in [5, 5.41) is 3.09. The molecule has 0 bridgehead atoms. The second-order valence-electron chi connectivity index (χ2n) is 4.42. The van der Waals surface area contributed by atoms with Gasteiger partial charge in [-0.1, -0.05) is 17.7 Å². The number of ketones is 1. The molecule has 0 radical (unpaired) electrons. The molecule has 0 saturated heterocycles. The first-order valence-electron chi connectivity index (χ1n) is 6.00. The largest absolute Gasteiger partial charge is 0.468 e. The summed E-state index contributed by atoms with van der Waals surface area (Å²) in [7, 11) is 0. The Labute approximate surface area is 107 Å². The molecule has 3 nitrogen and oxygen atoms in total. The summed E-state index contributed by atoms with van der Waals surface area (Å²) in [5.74, 6) is 0.950. The van der Waals surface area contributed by atoms with E-state index < -0.39 is 0 Å². The Morgan fingerprint density at radius 2 is 2.11 bits per heavy atom. The molecule has 0 atom stereocenters. The molecule has 0 aliphatic heterocycles. The van der Waals surface area contributed by atoms with Crippen LogP contribution in [0.25, 0.3) is 0 Å². The third-order valence-electron chi connectivity index (χ3n) is 2.86. The van der Waals surface area contributed by atoms with E-state index in [4.69, 9.17) is 4.42 Å². The van der Waals surface area contributed by atoms with Crippen molar-refractivity contribution in [3.63, 3.8) is 0 Å². The van der Waals surface area contributed by atoms with Crippen molar-refractivity contribution in [3.05, 3.63) is 59.0 Å². The predicted molar refractivity (Wildman–Crippen MR) is 70.7 cm³/mol. The van der Waals surface area contributed by atoms with E-state index in [0.717, 1.165) is 22.5 Å². The number of aryl methyl sites for hydroxylation is 2. The van der Waals surface area contributed by atoms with Crippen molar-refractivity contribution < 1.29 is 9.21 Å². The number of benzene rings is 1. The Hall–Kier alpha value is -1.87. The first-order valence-corrected chi connectivity index (χ1v) is 6.00. The van der Waals surface area contributed by atoms with Crippen molar-refractivity contribution in [2.24, 2.45) is 0 Å². The number of furan rings is 1. The van der Waals surface area contributed by atoms with E-state index >= 15 is 0 Å². The van der Waals surface area contributed by atoms with Gasteiger partial charge in [0.2, 0.25) is 0 Å². The fourth-order valence-corrected chi connectivity index (χ4v) is 1.84. The molecular formula is C15H17NO2. The Morgan fingerprint density at radius 3 is 2.83 bits per heavy atom. The van der Waals surface area contributed by atoms with E-state index in [1.165, 1.54) is 0 Å². The van der Waals surface area contributed by atoms with Crippen LogP contribution in [0.3, 0.4) is 0 Å². The molecule has 18 heavy (non-hydrogen) atoms. The van der Waals surface area contributed by atoms with Crippen LogP contribution in [0.15, 0.2) is 41.0 Å². The third-order valence-corrected chi connectivity index (χ3v) is 2.86. The molecule has 1 heterocycles. The molecule has 0 aliphatic carbocycles. The minimum atomic E-state index is 0.114. The molecule has 2 rings (SSSR count). The number of hydrogen-bond acceptors (Lipinski definition) is 3. The average molecular weight is 243 g/mol. The lowest BCUT2D eigenvalue weighted by Crippen LogP contribution is -2.23. The summed E-state index contributed by atoms with van der Waals surface area (Å²) in [4.78, 5) is 12.1. The second kappa shape index (κ2) is 5.65. The topological polar surface area (TPSA) is 42.2 Å². The number of hydrogen-bond donors (Lipinski definition) is 1. The fraction of sp³-hybridized carbons (Fsp3) is 0.267. The SMILES string of the molecule is Cc1ccc(C)c(C(=O)CNCc2ccco2)c1. The second-order valence-corrected chi connectivity index (χ2v) is 4.42. The summed E-state index contributed by atoms with van der Waals surface area (Å²) in [6.07, 6.45) is 1.63. The number of rotatable bonds is 5. The lowest BCUT2D eigenvalue weighted by Gasteiger charge is -2.07. The number of Topliss-reactive ketones (excluding diaryl/α,β-unsaturated/α-hetero) is 1. The van der Waals surface area contributed by atoms with E-state index in [1.54, 1.807) is 6.26 Å². The molecule has 0 saturated carbocycles. The Balaban J connectivity index is 1.93. The third kappa shape index (κ3) is 3.08. The monoisotopic (exact) mass is 243 g/mol. The minimum Gasteiger partial charge on any atom is -0.468 e. The lowest BCUT2D eigenvalue weighted by molar-refractivity contribution is 0.0989. The maximum Gasteiger partial charge on any atom is 0.176 e. The molecule has 0 spiro atoms. The smallest absolute Gasteiger partial charge is 0.176 e. The van der Waals surface area contributed by atoms with Crippen molar-refractivity contribution in [3.8, 4) is 0 Å². The quantitative estimate of drug-likeness (QED) is 0.821. The zero-order valence-corrected chi connectivity index (χ0v) is 10.7. The first-order chi connectivity index (χ1) is 8.66. The van der Waals surface area contributed by atoms with Gasteiger partial charge in [0.05, 0.1) is 19.4 Å². The van der Waals surface area contributed by atoms with Crippen LogP contribution < -0.4 is 5.32 Å². The van der Waals surface area contributed by atoms with Gasteiger partial charge in [-0.05, 0) is 37.6 Å². The molecule has 1 aromatic carbocycles. The first kappa shape index (κ1) is 12.6. The van der Waals surface area contributed by atoms with Crippen molar-refractivity contribution in [1.29, 1.82) is 0 Å². The molecular weight excluding hydrogens is 226 g/mol.